The summed E-state index contributed by atoms with van der Waals surface area (Å²) in [6.45, 7) is 5.31. The van der Waals surface area contributed by atoms with Crippen molar-refractivity contribution in [1.29, 1.82) is 0 Å². The minimum Gasteiger partial charge on any atom is -0.381 e. The number of benzene rings is 1. The van der Waals surface area contributed by atoms with E-state index in [0.29, 0.717) is 12.1 Å². The summed E-state index contributed by atoms with van der Waals surface area (Å²) >= 11 is 0. The van der Waals surface area contributed by atoms with Crippen LogP contribution >= 0.6 is 0 Å². The molecular weight excluding hydrogens is 252 g/mol. The van der Waals surface area contributed by atoms with Gasteiger partial charge in [-0.1, -0.05) is 0 Å². The molecular formula is C15H20N4O. The van der Waals surface area contributed by atoms with Crippen molar-refractivity contribution in [3.8, 4) is 0 Å². The first-order chi connectivity index (χ1) is 9.61. The SMILES string of the molecule is CCNC(=O)c1ccc(NCc2cnn(C)c2C)cc1. The van der Waals surface area contributed by atoms with Crippen molar-refractivity contribution < 1.29 is 4.79 Å². The number of aryl methyl sites for hydroxylation is 1. The number of nitrogens with zero attached hydrogens (tertiary/aromatic N) is 2. The maximum absolute atomic E-state index is 11.6. The number of rotatable bonds is 5. The molecule has 20 heavy (non-hydrogen) atoms. The minimum absolute atomic E-state index is 0.0397. The van der Waals surface area contributed by atoms with Crippen LogP contribution in [-0.2, 0) is 13.6 Å². The molecule has 1 aromatic heterocycles. The first kappa shape index (κ1) is 14.1. The molecule has 0 bridgehead atoms. The van der Waals surface area contributed by atoms with Gasteiger partial charge in [0.15, 0.2) is 0 Å². The number of anilines is 1. The van der Waals surface area contributed by atoms with Crippen LogP contribution in [0.25, 0.3) is 0 Å². The number of aromatic nitrogens is 2. The van der Waals surface area contributed by atoms with Crippen LogP contribution in [0.15, 0.2) is 30.5 Å². The first-order valence-corrected chi connectivity index (χ1v) is 6.71. The fraction of sp³-hybridized carbons (Fsp3) is 0.333. The monoisotopic (exact) mass is 272 g/mol. The molecule has 5 heteroatoms. The average Bonchev–Trinajstić information content (AvgIpc) is 2.77. The van der Waals surface area contributed by atoms with Crippen LogP contribution in [0.3, 0.4) is 0 Å². The second-order valence-electron chi connectivity index (χ2n) is 4.67. The number of hydrogen-bond donors (Lipinski definition) is 2. The largest absolute Gasteiger partial charge is 0.381 e. The predicted molar refractivity (Wildman–Crippen MR) is 79.7 cm³/mol. The van der Waals surface area contributed by atoms with Gasteiger partial charge >= 0.3 is 0 Å². The van der Waals surface area contributed by atoms with Gasteiger partial charge in [0.05, 0.1) is 6.20 Å². The van der Waals surface area contributed by atoms with Gasteiger partial charge in [0.1, 0.15) is 0 Å². The van der Waals surface area contributed by atoms with Crippen LogP contribution < -0.4 is 10.6 Å². The van der Waals surface area contributed by atoms with Crippen molar-refractivity contribution in [1.82, 2.24) is 15.1 Å². The third-order valence-electron chi connectivity index (χ3n) is 3.30. The Morgan fingerprint density at radius 2 is 2.00 bits per heavy atom. The van der Waals surface area contributed by atoms with Crippen molar-refractivity contribution in [2.45, 2.75) is 20.4 Å². The van der Waals surface area contributed by atoms with E-state index in [1.807, 2.05) is 56.0 Å². The van der Waals surface area contributed by atoms with Gasteiger partial charge in [-0.3, -0.25) is 9.48 Å². The van der Waals surface area contributed by atoms with Crippen LogP contribution in [-0.4, -0.2) is 22.2 Å². The molecule has 0 aliphatic carbocycles. The molecule has 0 atom stereocenters. The highest BCUT2D eigenvalue weighted by Crippen LogP contribution is 2.13. The summed E-state index contributed by atoms with van der Waals surface area (Å²) in [7, 11) is 1.93. The minimum atomic E-state index is -0.0397. The van der Waals surface area contributed by atoms with Crippen LogP contribution in [0.1, 0.15) is 28.5 Å². The zero-order chi connectivity index (χ0) is 14.5. The number of amides is 1. The molecule has 0 saturated carbocycles. The number of nitrogens with one attached hydrogen (secondary N) is 2. The van der Waals surface area contributed by atoms with Gasteiger partial charge in [-0.2, -0.15) is 5.10 Å². The number of hydrogen-bond acceptors (Lipinski definition) is 3. The Labute approximate surface area is 119 Å². The maximum atomic E-state index is 11.6. The fourth-order valence-electron chi connectivity index (χ4n) is 1.92. The van der Waals surface area contributed by atoms with E-state index in [9.17, 15) is 4.79 Å². The molecule has 2 aromatic rings. The van der Waals surface area contributed by atoms with Crippen molar-refractivity contribution in [2.75, 3.05) is 11.9 Å². The third-order valence-corrected chi connectivity index (χ3v) is 3.30. The smallest absolute Gasteiger partial charge is 0.251 e. The van der Waals surface area contributed by atoms with Crippen LogP contribution in [0.4, 0.5) is 5.69 Å². The number of carbonyl (C=O) groups is 1. The van der Waals surface area contributed by atoms with E-state index in [2.05, 4.69) is 15.7 Å². The lowest BCUT2D eigenvalue weighted by Crippen LogP contribution is -2.22. The fourth-order valence-corrected chi connectivity index (χ4v) is 1.92. The normalized spacial score (nSPS) is 10.3. The highest BCUT2D eigenvalue weighted by atomic mass is 16.1. The van der Waals surface area contributed by atoms with Gasteiger partial charge in [0, 0.05) is 42.6 Å². The molecule has 0 spiro atoms. The zero-order valence-corrected chi connectivity index (χ0v) is 12.1. The lowest BCUT2D eigenvalue weighted by molar-refractivity contribution is 0.0956. The van der Waals surface area contributed by atoms with Gasteiger partial charge in [0.25, 0.3) is 5.91 Å². The van der Waals surface area contributed by atoms with Gasteiger partial charge < -0.3 is 10.6 Å². The standard InChI is InChI=1S/C15H20N4O/c1-4-16-15(20)12-5-7-14(8-6-12)17-9-13-10-18-19(3)11(13)2/h5-8,10,17H,4,9H2,1-3H3,(H,16,20). The summed E-state index contributed by atoms with van der Waals surface area (Å²) in [5.74, 6) is -0.0397. The van der Waals surface area contributed by atoms with Crippen molar-refractivity contribution in [2.24, 2.45) is 7.05 Å². The average molecular weight is 272 g/mol. The molecule has 0 unspecified atom stereocenters. The quantitative estimate of drug-likeness (QED) is 0.876. The molecule has 0 radical (unpaired) electrons. The van der Waals surface area contributed by atoms with E-state index >= 15 is 0 Å². The van der Waals surface area contributed by atoms with E-state index in [-0.39, 0.29) is 5.91 Å². The molecule has 0 aliphatic heterocycles. The Morgan fingerprint density at radius 1 is 1.30 bits per heavy atom. The molecule has 1 aromatic carbocycles. The Bertz CT molecular complexity index is 586. The molecule has 0 saturated heterocycles. The summed E-state index contributed by atoms with van der Waals surface area (Å²) in [6.07, 6.45) is 1.87. The summed E-state index contributed by atoms with van der Waals surface area (Å²) in [5.41, 5.74) is 3.98. The molecule has 2 rings (SSSR count). The van der Waals surface area contributed by atoms with E-state index in [4.69, 9.17) is 0 Å². The van der Waals surface area contributed by atoms with Crippen molar-refractivity contribution in [3.05, 3.63) is 47.3 Å². The Balaban J connectivity index is 1.97. The molecule has 5 nitrogen and oxygen atoms in total. The number of carbonyl (C=O) groups excluding carboxylic acids is 1. The molecule has 1 heterocycles. The molecule has 1 amide bonds. The van der Waals surface area contributed by atoms with E-state index in [1.165, 1.54) is 5.56 Å². The molecule has 106 valence electrons. The lowest BCUT2D eigenvalue weighted by Gasteiger charge is -2.07. The van der Waals surface area contributed by atoms with Crippen LogP contribution in [0, 0.1) is 6.92 Å². The molecule has 0 fully saturated rings. The summed E-state index contributed by atoms with van der Waals surface area (Å²) in [5, 5.41) is 10.3. The van der Waals surface area contributed by atoms with Gasteiger partial charge in [0.2, 0.25) is 0 Å². The second kappa shape index (κ2) is 6.23. The molecule has 0 aliphatic rings. The van der Waals surface area contributed by atoms with Crippen LogP contribution in [0.5, 0.6) is 0 Å². The Hall–Kier alpha value is -2.30. The highest BCUT2D eigenvalue weighted by molar-refractivity contribution is 5.94. The molecule has 2 N–H and O–H groups in total. The Kier molecular flexibility index (Phi) is 4.40. The predicted octanol–water partition coefficient (Wildman–Crippen LogP) is 2.09. The topological polar surface area (TPSA) is 59.0 Å². The Morgan fingerprint density at radius 3 is 2.55 bits per heavy atom. The lowest BCUT2D eigenvalue weighted by atomic mass is 10.2. The van der Waals surface area contributed by atoms with Crippen molar-refractivity contribution in [3.63, 3.8) is 0 Å². The van der Waals surface area contributed by atoms with E-state index < -0.39 is 0 Å². The second-order valence-corrected chi connectivity index (χ2v) is 4.67. The van der Waals surface area contributed by atoms with E-state index in [1.54, 1.807) is 0 Å². The zero-order valence-electron chi connectivity index (χ0n) is 12.1. The highest BCUT2D eigenvalue weighted by Gasteiger charge is 2.05. The first-order valence-electron chi connectivity index (χ1n) is 6.71. The van der Waals surface area contributed by atoms with Gasteiger partial charge in [-0.25, -0.2) is 0 Å². The van der Waals surface area contributed by atoms with Crippen LogP contribution in [0.2, 0.25) is 0 Å². The summed E-state index contributed by atoms with van der Waals surface area (Å²) in [4.78, 5) is 11.6. The van der Waals surface area contributed by atoms with Gasteiger partial charge in [-0.15, -0.1) is 0 Å². The van der Waals surface area contributed by atoms with Gasteiger partial charge in [-0.05, 0) is 38.1 Å². The maximum Gasteiger partial charge on any atom is 0.251 e. The van der Waals surface area contributed by atoms with Crippen molar-refractivity contribution >= 4 is 11.6 Å². The summed E-state index contributed by atoms with van der Waals surface area (Å²) in [6, 6.07) is 7.47. The third kappa shape index (κ3) is 3.17. The van der Waals surface area contributed by atoms with E-state index in [0.717, 1.165) is 17.9 Å². The summed E-state index contributed by atoms with van der Waals surface area (Å²) < 4.78 is 1.86.